The van der Waals surface area contributed by atoms with E-state index in [4.69, 9.17) is 4.74 Å². The minimum absolute atomic E-state index is 0.129. The van der Waals surface area contributed by atoms with Crippen LogP contribution in [0.1, 0.15) is 13.3 Å². The van der Waals surface area contributed by atoms with Gasteiger partial charge in [0.2, 0.25) is 11.8 Å². The number of hydrogen-bond donors (Lipinski definition) is 1. The summed E-state index contributed by atoms with van der Waals surface area (Å²) in [6.45, 7) is 5.79. The van der Waals surface area contributed by atoms with E-state index in [0.717, 1.165) is 18.1 Å². The summed E-state index contributed by atoms with van der Waals surface area (Å²) in [7, 11) is 0. The molecule has 0 radical (unpaired) electrons. The Bertz CT molecular complexity index is 863. The molecule has 2 aliphatic heterocycles. The molecule has 152 valence electrons. The minimum Gasteiger partial charge on any atom is -0.477 e. The molecule has 3 amide bonds. The molecule has 0 spiro atoms. The number of benzene rings is 1. The van der Waals surface area contributed by atoms with Gasteiger partial charge in [0.05, 0.1) is 6.61 Å². The van der Waals surface area contributed by atoms with Gasteiger partial charge < -0.3 is 24.8 Å². The van der Waals surface area contributed by atoms with Crippen molar-refractivity contribution in [1.29, 1.82) is 0 Å². The van der Waals surface area contributed by atoms with Crippen molar-refractivity contribution in [3.05, 3.63) is 36.4 Å². The first-order valence-electron chi connectivity index (χ1n) is 9.82. The summed E-state index contributed by atoms with van der Waals surface area (Å²) >= 11 is 0. The van der Waals surface area contributed by atoms with Gasteiger partial charge in [0.25, 0.3) is 0 Å². The summed E-state index contributed by atoms with van der Waals surface area (Å²) < 4.78 is 5.32. The maximum Gasteiger partial charge on any atom is 0.321 e. The first kappa shape index (κ1) is 19.0. The zero-order valence-corrected chi connectivity index (χ0v) is 16.4. The Morgan fingerprint density at radius 2 is 1.79 bits per heavy atom. The number of anilines is 3. The average Bonchev–Trinajstić information content (AvgIpc) is 2.75. The number of ether oxygens (including phenoxy) is 1. The highest BCUT2D eigenvalue weighted by atomic mass is 16.5. The van der Waals surface area contributed by atoms with Crippen molar-refractivity contribution in [2.24, 2.45) is 0 Å². The van der Waals surface area contributed by atoms with Gasteiger partial charge >= 0.3 is 6.03 Å². The summed E-state index contributed by atoms with van der Waals surface area (Å²) in [5.41, 5.74) is 1.58. The fourth-order valence-electron chi connectivity index (χ4n) is 3.36. The number of amides is 3. The number of rotatable bonds is 5. The van der Waals surface area contributed by atoms with Crippen molar-refractivity contribution in [2.75, 3.05) is 54.4 Å². The van der Waals surface area contributed by atoms with Crippen LogP contribution in [0.15, 0.2) is 36.4 Å². The van der Waals surface area contributed by atoms with E-state index >= 15 is 0 Å². The van der Waals surface area contributed by atoms with Crippen LogP contribution in [0.2, 0.25) is 0 Å². The Hall–Kier alpha value is -3.36. The molecule has 1 N–H and O–H groups in total. The van der Waals surface area contributed by atoms with Crippen molar-refractivity contribution in [3.8, 4) is 5.88 Å². The number of aromatic nitrogens is 2. The lowest BCUT2D eigenvalue weighted by atomic mass is 10.1. The molecule has 0 atom stereocenters. The molecule has 29 heavy (non-hydrogen) atoms. The number of piperazine rings is 1. The van der Waals surface area contributed by atoms with Gasteiger partial charge in [-0.2, -0.15) is 0 Å². The third-order valence-electron chi connectivity index (χ3n) is 5.09. The molecule has 2 aromatic rings. The van der Waals surface area contributed by atoms with Crippen molar-refractivity contribution in [2.45, 2.75) is 13.3 Å². The molecule has 0 unspecified atom stereocenters. The molecule has 4 rings (SSSR count). The summed E-state index contributed by atoms with van der Waals surface area (Å²) in [6, 6.07) is 10.9. The van der Waals surface area contributed by atoms with Crippen molar-refractivity contribution >= 4 is 29.1 Å². The van der Waals surface area contributed by atoms with E-state index < -0.39 is 0 Å². The number of β-lactam (4-membered cyclic amide) rings is 1. The number of carbonyl (C=O) groups excluding carboxylic acids is 2. The molecule has 2 saturated heterocycles. The highest BCUT2D eigenvalue weighted by Gasteiger charge is 2.25. The van der Waals surface area contributed by atoms with Crippen LogP contribution in [0, 0.1) is 0 Å². The van der Waals surface area contributed by atoms with E-state index in [1.54, 1.807) is 9.80 Å². The van der Waals surface area contributed by atoms with Crippen molar-refractivity contribution in [1.82, 2.24) is 15.1 Å². The predicted octanol–water partition coefficient (Wildman–Crippen LogP) is 1.97. The van der Waals surface area contributed by atoms with E-state index in [2.05, 4.69) is 20.4 Å². The zero-order chi connectivity index (χ0) is 20.2. The first-order chi connectivity index (χ1) is 14.1. The van der Waals surface area contributed by atoms with Crippen molar-refractivity contribution in [3.63, 3.8) is 0 Å². The topological polar surface area (TPSA) is 90.9 Å². The monoisotopic (exact) mass is 396 g/mol. The van der Waals surface area contributed by atoms with Crippen LogP contribution in [0.3, 0.4) is 0 Å². The molecule has 1 aromatic carbocycles. The highest BCUT2D eigenvalue weighted by Crippen LogP contribution is 2.23. The molecule has 0 bridgehead atoms. The largest absolute Gasteiger partial charge is 0.477 e. The fraction of sp³-hybridized carbons (Fsp3) is 0.400. The third-order valence-corrected chi connectivity index (χ3v) is 5.09. The molecule has 1 aromatic heterocycles. The lowest BCUT2D eigenvalue weighted by Gasteiger charge is -2.35. The van der Waals surface area contributed by atoms with Crippen LogP contribution in [-0.2, 0) is 4.79 Å². The van der Waals surface area contributed by atoms with Crippen LogP contribution >= 0.6 is 0 Å². The van der Waals surface area contributed by atoms with Gasteiger partial charge in [0.15, 0.2) is 5.82 Å². The molecular weight excluding hydrogens is 372 g/mol. The number of carbonyl (C=O) groups is 2. The van der Waals surface area contributed by atoms with Gasteiger partial charge in [-0.15, -0.1) is 10.2 Å². The Labute approximate surface area is 169 Å². The summed E-state index contributed by atoms with van der Waals surface area (Å²) in [6.07, 6.45) is 0.604. The van der Waals surface area contributed by atoms with Crippen LogP contribution in [0.5, 0.6) is 5.88 Å². The van der Waals surface area contributed by atoms with Gasteiger partial charge in [0, 0.05) is 56.6 Å². The van der Waals surface area contributed by atoms with Crippen LogP contribution in [-0.4, -0.2) is 66.4 Å². The van der Waals surface area contributed by atoms with E-state index in [9.17, 15) is 9.59 Å². The standard InChI is InChI=1S/C20H24N6O3/c1-2-29-18-8-7-17(22-23-18)24-11-13-25(14-12-24)20(28)21-15-3-5-16(6-4-15)26-10-9-19(26)27/h3-8H,2,9-14H2,1H3,(H,21,28). The van der Waals surface area contributed by atoms with Crippen LogP contribution in [0.25, 0.3) is 0 Å². The summed E-state index contributed by atoms with van der Waals surface area (Å²) in [5.74, 6) is 1.43. The maximum absolute atomic E-state index is 12.6. The second kappa shape index (κ2) is 8.34. The summed E-state index contributed by atoms with van der Waals surface area (Å²) in [5, 5.41) is 11.2. The van der Waals surface area contributed by atoms with E-state index in [1.807, 2.05) is 43.3 Å². The van der Waals surface area contributed by atoms with Crippen molar-refractivity contribution < 1.29 is 14.3 Å². The van der Waals surface area contributed by atoms with E-state index in [1.165, 1.54) is 0 Å². The predicted molar refractivity (Wildman–Crippen MR) is 109 cm³/mol. The molecule has 0 saturated carbocycles. The second-order valence-corrected chi connectivity index (χ2v) is 6.91. The lowest BCUT2D eigenvalue weighted by molar-refractivity contribution is -0.122. The molecule has 3 heterocycles. The zero-order valence-electron chi connectivity index (χ0n) is 16.4. The fourth-order valence-corrected chi connectivity index (χ4v) is 3.36. The van der Waals surface area contributed by atoms with Gasteiger partial charge in [-0.05, 0) is 37.3 Å². The third kappa shape index (κ3) is 4.23. The average molecular weight is 396 g/mol. The maximum atomic E-state index is 12.6. The van der Waals surface area contributed by atoms with Crippen LogP contribution < -0.4 is 19.9 Å². The van der Waals surface area contributed by atoms with Gasteiger partial charge in [-0.1, -0.05) is 0 Å². The molecular formula is C20H24N6O3. The second-order valence-electron chi connectivity index (χ2n) is 6.91. The Morgan fingerprint density at radius 3 is 2.34 bits per heavy atom. The Morgan fingerprint density at radius 1 is 1.03 bits per heavy atom. The summed E-state index contributed by atoms with van der Waals surface area (Å²) in [4.78, 5) is 29.7. The van der Waals surface area contributed by atoms with Crippen LogP contribution in [0.4, 0.5) is 22.0 Å². The van der Waals surface area contributed by atoms with Gasteiger partial charge in [0.1, 0.15) is 0 Å². The number of nitrogens with one attached hydrogen (secondary N) is 1. The number of hydrogen-bond acceptors (Lipinski definition) is 6. The van der Waals surface area contributed by atoms with E-state index in [-0.39, 0.29) is 11.9 Å². The molecule has 2 fully saturated rings. The molecule has 9 nitrogen and oxygen atoms in total. The molecule has 9 heteroatoms. The normalized spacial score (nSPS) is 16.4. The van der Waals surface area contributed by atoms with Gasteiger partial charge in [-0.3, -0.25) is 4.79 Å². The Balaban J connectivity index is 1.28. The smallest absolute Gasteiger partial charge is 0.321 e. The highest BCUT2D eigenvalue weighted by molar-refractivity contribution is 5.99. The number of urea groups is 1. The minimum atomic E-state index is -0.129. The van der Waals surface area contributed by atoms with E-state index in [0.29, 0.717) is 50.8 Å². The SMILES string of the molecule is CCOc1ccc(N2CCN(C(=O)Nc3ccc(N4CCC4=O)cc3)CC2)nn1. The van der Waals surface area contributed by atoms with Gasteiger partial charge in [-0.25, -0.2) is 4.79 Å². The molecule has 0 aliphatic carbocycles. The molecule has 2 aliphatic rings. The quantitative estimate of drug-likeness (QED) is 0.777. The first-order valence-corrected chi connectivity index (χ1v) is 9.82. The number of nitrogens with zero attached hydrogens (tertiary/aromatic N) is 5. The Kier molecular flexibility index (Phi) is 5.46. The lowest BCUT2D eigenvalue weighted by Crippen LogP contribution is -2.50.